The molecule has 0 rings (SSSR count). The first-order valence-corrected chi connectivity index (χ1v) is 3.62. The number of rotatable bonds is 5. The fourth-order valence-electron chi connectivity index (χ4n) is 0.635. The lowest BCUT2D eigenvalue weighted by Gasteiger charge is -2.00. The molecule has 1 amide bonds. The highest BCUT2D eigenvalue weighted by Gasteiger charge is 1.97. The highest BCUT2D eigenvalue weighted by molar-refractivity contribution is 5.75. The number of unbranched alkanes of at least 4 members (excludes halogenated alkanes) is 1. The zero-order valence-electron chi connectivity index (χ0n) is 6.47. The first kappa shape index (κ1) is 9.99. The van der Waals surface area contributed by atoms with Gasteiger partial charge >= 0.3 is 0 Å². The van der Waals surface area contributed by atoms with Gasteiger partial charge in [0, 0.05) is 19.4 Å². The summed E-state index contributed by atoms with van der Waals surface area (Å²) in [7, 11) is 0. The summed E-state index contributed by atoms with van der Waals surface area (Å²) in [5, 5.41) is 10.9. The molecule has 0 bridgehead atoms. The van der Waals surface area contributed by atoms with E-state index >= 15 is 0 Å². The lowest BCUT2D eigenvalue weighted by Crippen LogP contribution is -2.25. The van der Waals surface area contributed by atoms with E-state index < -0.39 is 0 Å². The number of hydrogen-bond donors (Lipinski definition) is 2. The largest absolute Gasteiger partial charge is 0.395 e. The maximum absolute atomic E-state index is 10.8. The van der Waals surface area contributed by atoms with Crippen molar-refractivity contribution in [3.8, 4) is 12.3 Å². The summed E-state index contributed by atoms with van der Waals surface area (Å²) < 4.78 is 0. The second-order valence-electron chi connectivity index (χ2n) is 2.13. The van der Waals surface area contributed by atoms with Crippen LogP contribution in [0.3, 0.4) is 0 Å². The van der Waals surface area contributed by atoms with E-state index in [0.29, 0.717) is 25.8 Å². The SMILES string of the molecule is C#CCCCC(=O)NCCO. The van der Waals surface area contributed by atoms with Crippen molar-refractivity contribution in [2.45, 2.75) is 19.3 Å². The predicted octanol–water partition coefficient (Wildman–Crippen LogP) is -0.102. The van der Waals surface area contributed by atoms with E-state index in [1.54, 1.807) is 0 Å². The zero-order chi connectivity index (χ0) is 8.53. The Labute approximate surface area is 66.8 Å². The van der Waals surface area contributed by atoms with Gasteiger partial charge in [0.05, 0.1) is 6.61 Å². The molecule has 0 aromatic carbocycles. The minimum atomic E-state index is -0.0469. The van der Waals surface area contributed by atoms with Gasteiger partial charge < -0.3 is 10.4 Å². The van der Waals surface area contributed by atoms with Gasteiger partial charge in [-0.05, 0) is 6.42 Å². The van der Waals surface area contributed by atoms with Crippen molar-refractivity contribution in [1.82, 2.24) is 5.32 Å². The van der Waals surface area contributed by atoms with Crippen LogP contribution in [-0.2, 0) is 4.79 Å². The number of amides is 1. The van der Waals surface area contributed by atoms with Crippen LogP contribution < -0.4 is 5.32 Å². The molecule has 0 aromatic heterocycles. The molecule has 0 aromatic rings. The van der Waals surface area contributed by atoms with Crippen LogP contribution in [0.5, 0.6) is 0 Å². The summed E-state index contributed by atoms with van der Waals surface area (Å²) >= 11 is 0. The molecule has 0 fully saturated rings. The summed E-state index contributed by atoms with van der Waals surface area (Å²) in [4.78, 5) is 10.8. The highest BCUT2D eigenvalue weighted by atomic mass is 16.3. The van der Waals surface area contributed by atoms with E-state index in [-0.39, 0.29) is 12.5 Å². The highest BCUT2D eigenvalue weighted by Crippen LogP contribution is 1.92. The van der Waals surface area contributed by atoms with Crippen LogP contribution in [-0.4, -0.2) is 24.2 Å². The molecule has 11 heavy (non-hydrogen) atoms. The summed E-state index contributed by atoms with van der Waals surface area (Å²) in [5.74, 6) is 2.40. The van der Waals surface area contributed by atoms with Gasteiger partial charge in [0.25, 0.3) is 0 Å². The van der Waals surface area contributed by atoms with Gasteiger partial charge in [-0.2, -0.15) is 0 Å². The number of hydrogen-bond acceptors (Lipinski definition) is 2. The van der Waals surface area contributed by atoms with Crippen molar-refractivity contribution in [3.63, 3.8) is 0 Å². The Morgan fingerprint density at radius 2 is 2.36 bits per heavy atom. The smallest absolute Gasteiger partial charge is 0.220 e. The Kier molecular flexibility index (Phi) is 6.45. The topological polar surface area (TPSA) is 49.3 Å². The maximum atomic E-state index is 10.8. The van der Waals surface area contributed by atoms with E-state index in [0.717, 1.165) is 0 Å². The average molecular weight is 155 g/mol. The van der Waals surface area contributed by atoms with Gasteiger partial charge in [0.2, 0.25) is 5.91 Å². The number of carbonyl (C=O) groups excluding carboxylic acids is 1. The number of aliphatic hydroxyl groups excluding tert-OH is 1. The van der Waals surface area contributed by atoms with Crippen molar-refractivity contribution in [2.75, 3.05) is 13.2 Å². The Balaban J connectivity index is 3.17. The molecule has 0 aliphatic heterocycles. The standard InChI is InChI=1S/C8H13NO2/c1-2-3-4-5-8(11)9-6-7-10/h1,10H,3-7H2,(H,9,11). The molecule has 0 saturated heterocycles. The first-order chi connectivity index (χ1) is 5.31. The molecule has 0 unspecified atom stereocenters. The summed E-state index contributed by atoms with van der Waals surface area (Å²) in [6, 6.07) is 0. The lowest BCUT2D eigenvalue weighted by molar-refractivity contribution is -0.121. The Morgan fingerprint density at radius 3 is 2.91 bits per heavy atom. The molecule has 0 radical (unpaired) electrons. The van der Waals surface area contributed by atoms with Crippen molar-refractivity contribution in [2.24, 2.45) is 0 Å². The van der Waals surface area contributed by atoms with Gasteiger partial charge in [0.15, 0.2) is 0 Å². The minimum Gasteiger partial charge on any atom is -0.395 e. The van der Waals surface area contributed by atoms with Crippen LogP contribution in [0.25, 0.3) is 0 Å². The molecular weight excluding hydrogens is 142 g/mol. The lowest BCUT2D eigenvalue weighted by atomic mass is 10.2. The monoisotopic (exact) mass is 155 g/mol. The molecule has 3 heteroatoms. The molecule has 62 valence electrons. The molecule has 0 atom stereocenters. The zero-order valence-corrected chi connectivity index (χ0v) is 6.47. The quantitative estimate of drug-likeness (QED) is 0.430. The van der Waals surface area contributed by atoms with E-state index in [9.17, 15) is 4.79 Å². The molecule has 0 spiro atoms. The van der Waals surface area contributed by atoms with E-state index in [4.69, 9.17) is 11.5 Å². The van der Waals surface area contributed by atoms with Gasteiger partial charge in [0.1, 0.15) is 0 Å². The summed E-state index contributed by atoms with van der Waals surface area (Å²) in [6.07, 6.45) is 6.79. The minimum absolute atomic E-state index is 0.0130. The van der Waals surface area contributed by atoms with Crippen LogP contribution in [0.2, 0.25) is 0 Å². The third-order valence-corrected chi connectivity index (χ3v) is 1.16. The van der Waals surface area contributed by atoms with Crippen LogP contribution in [0.15, 0.2) is 0 Å². The van der Waals surface area contributed by atoms with Gasteiger partial charge in [-0.25, -0.2) is 0 Å². The number of carbonyl (C=O) groups is 1. The Morgan fingerprint density at radius 1 is 1.64 bits per heavy atom. The Bertz CT molecular complexity index is 149. The van der Waals surface area contributed by atoms with E-state index in [1.807, 2.05) is 0 Å². The van der Waals surface area contributed by atoms with Crippen molar-refractivity contribution in [3.05, 3.63) is 0 Å². The maximum Gasteiger partial charge on any atom is 0.220 e. The van der Waals surface area contributed by atoms with Crippen molar-refractivity contribution >= 4 is 5.91 Å². The van der Waals surface area contributed by atoms with Gasteiger partial charge in [-0.15, -0.1) is 12.3 Å². The van der Waals surface area contributed by atoms with Gasteiger partial charge in [-0.3, -0.25) is 4.79 Å². The van der Waals surface area contributed by atoms with Crippen LogP contribution >= 0.6 is 0 Å². The van der Waals surface area contributed by atoms with E-state index in [1.165, 1.54) is 0 Å². The van der Waals surface area contributed by atoms with Crippen LogP contribution in [0.4, 0.5) is 0 Å². The van der Waals surface area contributed by atoms with Crippen molar-refractivity contribution < 1.29 is 9.90 Å². The molecular formula is C8H13NO2. The first-order valence-electron chi connectivity index (χ1n) is 3.62. The molecule has 3 nitrogen and oxygen atoms in total. The normalized spacial score (nSPS) is 8.73. The Hall–Kier alpha value is -1.01. The number of nitrogens with one attached hydrogen (secondary N) is 1. The molecule has 0 aliphatic rings. The van der Waals surface area contributed by atoms with Crippen molar-refractivity contribution in [1.29, 1.82) is 0 Å². The summed E-state index contributed by atoms with van der Waals surface area (Å²) in [6.45, 7) is 0.315. The second kappa shape index (κ2) is 7.10. The van der Waals surface area contributed by atoms with Gasteiger partial charge in [-0.1, -0.05) is 0 Å². The summed E-state index contributed by atoms with van der Waals surface area (Å²) in [5.41, 5.74) is 0. The second-order valence-corrected chi connectivity index (χ2v) is 2.13. The number of terminal acetylenes is 1. The van der Waals surface area contributed by atoms with Crippen LogP contribution in [0, 0.1) is 12.3 Å². The fraction of sp³-hybridized carbons (Fsp3) is 0.625. The third kappa shape index (κ3) is 6.88. The molecule has 0 aliphatic carbocycles. The third-order valence-electron chi connectivity index (χ3n) is 1.16. The van der Waals surface area contributed by atoms with Crippen LogP contribution in [0.1, 0.15) is 19.3 Å². The molecule has 0 saturated carbocycles. The van der Waals surface area contributed by atoms with E-state index in [2.05, 4.69) is 11.2 Å². The average Bonchev–Trinajstić information content (AvgIpc) is 2.01. The predicted molar refractivity (Wildman–Crippen MR) is 42.8 cm³/mol. The molecule has 0 heterocycles. The fourth-order valence-corrected chi connectivity index (χ4v) is 0.635. The molecule has 2 N–H and O–H groups in total. The number of aliphatic hydroxyl groups is 1.